The van der Waals surface area contributed by atoms with Crippen molar-refractivity contribution in [3.05, 3.63) is 11.6 Å². The molecule has 0 amide bonds. The third-order valence-electron chi connectivity index (χ3n) is 12.6. The van der Waals surface area contributed by atoms with Crippen LogP contribution in [0.25, 0.3) is 0 Å². The van der Waals surface area contributed by atoms with E-state index in [1.807, 2.05) is 0 Å². The van der Waals surface area contributed by atoms with Crippen LogP contribution in [0.1, 0.15) is 112 Å². The Morgan fingerprint density at radius 1 is 0.907 bits per heavy atom. The molecular formula is C34H55F7OSi. The second-order valence-corrected chi connectivity index (χ2v) is 20.6. The van der Waals surface area contributed by atoms with E-state index in [-0.39, 0.29) is 11.5 Å². The molecule has 250 valence electrons. The molecule has 0 bridgehead atoms. The topological polar surface area (TPSA) is 9.23 Å². The van der Waals surface area contributed by atoms with Gasteiger partial charge >= 0.3 is 18.0 Å². The number of alkyl halides is 7. The van der Waals surface area contributed by atoms with Crippen LogP contribution in [0.5, 0.6) is 0 Å². The van der Waals surface area contributed by atoms with E-state index in [1.54, 1.807) is 13.1 Å². The van der Waals surface area contributed by atoms with Gasteiger partial charge in [-0.1, -0.05) is 65.5 Å². The number of hydrogen-bond acceptors (Lipinski definition) is 1. The van der Waals surface area contributed by atoms with Crippen LogP contribution in [0, 0.1) is 46.3 Å². The van der Waals surface area contributed by atoms with Crippen molar-refractivity contribution in [1.29, 1.82) is 0 Å². The fourth-order valence-corrected chi connectivity index (χ4v) is 12.2. The average Bonchev–Trinajstić information content (AvgIpc) is 3.24. The molecule has 4 aliphatic rings. The molecule has 0 N–H and O–H groups in total. The molecule has 1 unspecified atom stereocenters. The Morgan fingerprint density at radius 2 is 1.58 bits per heavy atom. The van der Waals surface area contributed by atoms with Crippen LogP contribution in [0.4, 0.5) is 30.7 Å². The lowest BCUT2D eigenvalue weighted by Crippen LogP contribution is -2.53. The van der Waals surface area contributed by atoms with Crippen LogP contribution in [-0.2, 0) is 4.43 Å². The van der Waals surface area contributed by atoms with Gasteiger partial charge in [0, 0.05) is 12.5 Å². The standard InChI is InChI=1S/C34H55F7OSi/c1-22(2)9-8-10-23(3)27-13-14-28-26-12-11-24-21-25(15-17-30(24,4)29(26)16-18-31(27,28)5)42-43(6,7)20-19-32(35,36)33(37,38)34(39,40)41/h11,22-23,25-29H,8-10,12-21H2,1-7H3/t23-,25?,26+,27-,28+,29+,30+,31-/m1/s1. The van der Waals surface area contributed by atoms with Crippen molar-refractivity contribution >= 4 is 8.32 Å². The van der Waals surface area contributed by atoms with E-state index >= 15 is 0 Å². The highest BCUT2D eigenvalue weighted by Gasteiger charge is 2.72. The predicted molar refractivity (Wildman–Crippen MR) is 161 cm³/mol. The zero-order valence-electron chi connectivity index (χ0n) is 27.4. The van der Waals surface area contributed by atoms with Crippen molar-refractivity contribution < 1.29 is 35.2 Å². The maximum atomic E-state index is 14.0. The van der Waals surface area contributed by atoms with Crippen LogP contribution in [0.15, 0.2) is 11.6 Å². The van der Waals surface area contributed by atoms with E-state index in [0.29, 0.717) is 23.7 Å². The maximum absolute atomic E-state index is 14.0. The van der Waals surface area contributed by atoms with Gasteiger partial charge in [-0.2, -0.15) is 30.7 Å². The van der Waals surface area contributed by atoms with E-state index in [4.69, 9.17) is 4.43 Å². The fraction of sp³-hybridized carbons (Fsp3) is 0.941. The van der Waals surface area contributed by atoms with Crippen LogP contribution in [0.2, 0.25) is 19.1 Å². The lowest BCUT2D eigenvalue weighted by Gasteiger charge is -2.58. The summed E-state index contributed by atoms with van der Waals surface area (Å²) in [4.78, 5) is 0. The van der Waals surface area contributed by atoms with Gasteiger partial charge < -0.3 is 4.43 Å². The first-order valence-electron chi connectivity index (χ1n) is 16.8. The van der Waals surface area contributed by atoms with E-state index in [9.17, 15) is 30.7 Å². The Hall–Kier alpha value is -0.573. The van der Waals surface area contributed by atoms with Crippen molar-refractivity contribution in [1.82, 2.24) is 0 Å². The zero-order chi connectivity index (χ0) is 32.2. The molecule has 43 heavy (non-hydrogen) atoms. The molecule has 0 aliphatic heterocycles. The highest BCUT2D eigenvalue weighted by Crippen LogP contribution is 2.67. The number of fused-ring (bicyclic) bond motifs is 5. The monoisotopic (exact) mass is 640 g/mol. The third-order valence-corrected chi connectivity index (χ3v) is 15.0. The smallest absolute Gasteiger partial charge is 0.414 e. The largest absolute Gasteiger partial charge is 0.459 e. The summed E-state index contributed by atoms with van der Waals surface area (Å²) < 4.78 is 99.0. The lowest BCUT2D eigenvalue weighted by atomic mass is 9.47. The Kier molecular flexibility index (Phi) is 10.0. The zero-order valence-corrected chi connectivity index (χ0v) is 28.4. The van der Waals surface area contributed by atoms with Crippen molar-refractivity contribution in [3.63, 3.8) is 0 Å². The molecule has 3 saturated carbocycles. The molecule has 0 aromatic heterocycles. The summed E-state index contributed by atoms with van der Waals surface area (Å²) in [6.07, 6.45) is 6.98. The van der Waals surface area contributed by atoms with E-state index in [1.165, 1.54) is 50.5 Å². The van der Waals surface area contributed by atoms with Crippen molar-refractivity contribution in [2.24, 2.45) is 46.3 Å². The quantitative estimate of drug-likeness (QED) is 0.124. The molecule has 4 aliphatic carbocycles. The molecular weight excluding hydrogens is 585 g/mol. The molecule has 0 aromatic rings. The first-order valence-corrected chi connectivity index (χ1v) is 20.0. The molecule has 0 spiro atoms. The van der Waals surface area contributed by atoms with Gasteiger partial charge in [0.1, 0.15) is 0 Å². The number of hydrogen-bond donors (Lipinski definition) is 0. The van der Waals surface area contributed by atoms with Gasteiger partial charge in [0.15, 0.2) is 8.32 Å². The van der Waals surface area contributed by atoms with Crippen LogP contribution in [0.3, 0.4) is 0 Å². The maximum Gasteiger partial charge on any atom is 0.459 e. The molecule has 4 rings (SSSR count). The number of halogens is 7. The molecule has 0 saturated heterocycles. The highest BCUT2D eigenvalue weighted by atomic mass is 28.4. The summed E-state index contributed by atoms with van der Waals surface area (Å²) in [6, 6.07) is -0.458. The minimum absolute atomic E-state index is 0.0819. The van der Waals surface area contributed by atoms with Gasteiger partial charge in [-0.25, -0.2) is 0 Å². The molecule has 8 atom stereocenters. The van der Waals surface area contributed by atoms with E-state index < -0.39 is 38.8 Å². The van der Waals surface area contributed by atoms with Crippen LogP contribution >= 0.6 is 0 Å². The summed E-state index contributed by atoms with van der Waals surface area (Å²) in [5, 5.41) is 0. The second-order valence-electron chi connectivity index (χ2n) is 16.3. The minimum Gasteiger partial charge on any atom is -0.414 e. The van der Waals surface area contributed by atoms with Crippen molar-refractivity contribution in [3.8, 4) is 0 Å². The Balaban J connectivity index is 1.38. The fourth-order valence-electron chi connectivity index (χ4n) is 10.1. The molecule has 9 heteroatoms. The normalized spacial score (nSPS) is 36.2. The lowest BCUT2D eigenvalue weighted by molar-refractivity contribution is -0.354. The van der Waals surface area contributed by atoms with Crippen molar-refractivity contribution in [2.75, 3.05) is 0 Å². The Morgan fingerprint density at radius 3 is 2.21 bits per heavy atom. The van der Waals surface area contributed by atoms with Crippen LogP contribution < -0.4 is 0 Å². The third kappa shape index (κ3) is 6.78. The van der Waals surface area contributed by atoms with Gasteiger partial charge in [0.2, 0.25) is 0 Å². The second kappa shape index (κ2) is 12.2. The summed E-state index contributed by atoms with van der Waals surface area (Å²) in [7, 11) is -2.92. The van der Waals surface area contributed by atoms with E-state index in [0.717, 1.165) is 42.9 Å². The van der Waals surface area contributed by atoms with Gasteiger partial charge in [-0.15, -0.1) is 0 Å². The molecule has 1 nitrogen and oxygen atoms in total. The Labute approximate surface area is 256 Å². The van der Waals surface area contributed by atoms with Gasteiger partial charge in [0.25, 0.3) is 0 Å². The predicted octanol–water partition coefficient (Wildman–Crippen LogP) is 11.8. The molecule has 0 heterocycles. The summed E-state index contributed by atoms with van der Waals surface area (Å²) >= 11 is 0. The SMILES string of the molecule is CC(C)CCC[C@@H](C)[C@H]1CC[C@H]2[C@@H]3CC=C4CC(O[Si](C)(C)CCC(F)(F)C(F)(F)C(F)(F)F)CC[C@]4(C)[C@H]3CC[C@]12C. The van der Waals surface area contributed by atoms with Gasteiger partial charge in [-0.3, -0.25) is 0 Å². The first-order chi connectivity index (χ1) is 19.6. The summed E-state index contributed by atoms with van der Waals surface area (Å²) in [5.74, 6) is -6.85. The highest BCUT2D eigenvalue weighted by molar-refractivity contribution is 6.71. The van der Waals surface area contributed by atoms with Crippen molar-refractivity contribution in [2.45, 2.75) is 155 Å². The molecule has 3 fully saturated rings. The molecule has 0 radical (unpaired) electrons. The minimum atomic E-state index is -6.29. The summed E-state index contributed by atoms with van der Waals surface area (Å²) in [6.45, 7) is 15.4. The van der Waals surface area contributed by atoms with E-state index in [2.05, 4.69) is 40.7 Å². The Bertz CT molecular complexity index is 1010. The van der Waals surface area contributed by atoms with Crippen LogP contribution in [-0.4, -0.2) is 32.4 Å². The molecule has 0 aromatic carbocycles. The number of rotatable bonds is 11. The van der Waals surface area contributed by atoms with Gasteiger partial charge in [-0.05, 0) is 117 Å². The first kappa shape index (κ1) is 35.3. The summed E-state index contributed by atoms with van der Waals surface area (Å²) in [5.41, 5.74) is 1.86. The average molecular weight is 641 g/mol. The number of allylic oxidation sites excluding steroid dienone is 1. The van der Waals surface area contributed by atoms with Gasteiger partial charge in [0.05, 0.1) is 0 Å².